The van der Waals surface area contributed by atoms with E-state index in [0.29, 0.717) is 6.73 Å². The van der Waals surface area contributed by atoms with Gasteiger partial charge in [-0.25, -0.2) is 10.9 Å². The SMILES string of the molecule is C1CCCCC(C2NNCO2)CCC1. The Morgan fingerprint density at radius 1 is 0.857 bits per heavy atom. The van der Waals surface area contributed by atoms with Crippen LogP contribution in [0.4, 0.5) is 0 Å². The van der Waals surface area contributed by atoms with Gasteiger partial charge in [0.25, 0.3) is 0 Å². The third kappa shape index (κ3) is 2.94. The van der Waals surface area contributed by atoms with E-state index in [0.717, 1.165) is 5.92 Å². The van der Waals surface area contributed by atoms with Crippen LogP contribution < -0.4 is 10.9 Å². The smallest absolute Gasteiger partial charge is 0.125 e. The molecule has 2 fully saturated rings. The summed E-state index contributed by atoms with van der Waals surface area (Å²) in [6.45, 7) is 0.668. The highest BCUT2D eigenvalue weighted by atomic mass is 16.5. The van der Waals surface area contributed by atoms with Gasteiger partial charge in [0.15, 0.2) is 0 Å². The molecular formula is C11H22N2O. The van der Waals surface area contributed by atoms with E-state index in [2.05, 4.69) is 10.9 Å². The molecule has 3 heteroatoms. The first kappa shape index (κ1) is 10.4. The van der Waals surface area contributed by atoms with E-state index in [1.54, 1.807) is 0 Å². The van der Waals surface area contributed by atoms with Crippen LogP contribution in [0.25, 0.3) is 0 Å². The largest absolute Gasteiger partial charge is 0.345 e. The average molecular weight is 198 g/mol. The molecule has 0 radical (unpaired) electrons. The number of hydrazine groups is 1. The molecule has 0 spiro atoms. The molecule has 0 amide bonds. The van der Waals surface area contributed by atoms with Crippen LogP contribution in [0.1, 0.15) is 51.4 Å². The maximum atomic E-state index is 5.61. The van der Waals surface area contributed by atoms with Gasteiger partial charge in [-0.2, -0.15) is 0 Å². The fraction of sp³-hybridized carbons (Fsp3) is 1.00. The molecule has 1 aliphatic carbocycles. The van der Waals surface area contributed by atoms with Crippen LogP contribution in [-0.4, -0.2) is 13.0 Å². The van der Waals surface area contributed by atoms with E-state index in [4.69, 9.17) is 4.74 Å². The number of rotatable bonds is 1. The van der Waals surface area contributed by atoms with Crippen LogP contribution in [0.3, 0.4) is 0 Å². The second-order valence-electron chi connectivity index (χ2n) is 4.51. The van der Waals surface area contributed by atoms with E-state index in [-0.39, 0.29) is 6.23 Å². The van der Waals surface area contributed by atoms with Crippen molar-refractivity contribution >= 4 is 0 Å². The lowest BCUT2D eigenvalue weighted by Gasteiger charge is -2.21. The van der Waals surface area contributed by atoms with Gasteiger partial charge in [-0.3, -0.25) is 0 Å². The first-order valence-corrected chi connectivity index (χ1v) is 6.07. The molecule has 0 aromatic heterocycles. The summed E-state index contributed by atoms with van der Waals surface area (Å²) >= 11 is 0. The van der Waals surface area contributed by atoms with E-state index < -0.39 is 0 Å². The Morgan fingerprint density at radius 3 is 2.07 bits per heavy atom. The van der Waals surface area contributed by atoms with Gasteiger partial charge in [0.05, 0.1) is 0 Å². The van der Waals surface area contributed by atoms with Crippen molar-refractivity contribution in [1.29, 1.82) is 0 Å². The molecular weight excluding hydrogens is 176 g/mol. The molecule has 1 unspecified atom stereocenters. The minimum Gasteiger partial charge on any atom is -0.345 e. The van der Waals surface area contributed by atoms with Gasteiger partial charge < -0.3 is 4.74 Å². The summed E-state index contributed by atoms with van der Waals surface area (Å²) in [6, 6.07) is 0. The Kier molecular flexibility index (Phi) is 4.22. The molecule has 1 saturated heterocycles. The number of hydrogen-bond donors (Lipinski definition) is 2. The Morgan fingerprint density at radius 2 is 1.50 bits per heavy atom. The highest BCUT2D eigenvalue weighted by molar-refractivity contribution is 4.71. The van der Waals surface area contributed by atoms with Crippen LogP contribution in [0.5, 0.6) is 0 Å². The van der Waals surface area contributed by atoms with Crippen molar-refractivity contribution in [2.24, 2.45) is 5.92 Å². The molecule has 1 atom stereocenters. The molecule has 0 bridgehead atoms. The van der Waals surface area contributed by atoms with E-state index in [1.807, 2.05) is 0 Å². The summed E-state index contributed by atoms with van der Waals surface area (Å²) in [6.07, 6.45) is 11.4. The maximum Gasteiger partial charge on any atom is 0.125 e. The summed E-state index contributed by atoms with van der Waals surface area (Å²) in [5.74, 6) is 0.725. The Bertz CT molecular complexity index is 147. The molecule has 82 valence electrons. The highest BCUT2D eigenvalue weighted by Crippen LogP contribution is 2.25. The number of nitrogens with one attached hydrogen (secondary N) is 2. The normalized spacial score (nSPS) is 32.1. The average Bonchev–Trinajstić information content (AvgIpc) is 2.75. The van der Waals surface area contributed by atoms with Gasteiger partial charge in [0.1, 0.15) is 13.0 Å². The molecule has 2 rings (SSSR count). The first-order chi connectivity index (χ1) is 6.97. The molecule has 1 aliphatic heterocycles. The summed E-state index contributed by atoms with van der Waals surface area (Å²) in [5.41, 5.74) is 6.27. The van der Waals surface area contributed by atoms with Crippen molar-refractivity contribution in [3.05, 3.63) is 0 Å². The van der Waals surface area contributed by atoms with Crippen molar-refractivity contribution < 1.29 is 4.74 Å². The van der Waals surface area contributed by atoms with Gasteiger partial charge >= 0.3 is 0 Å². The van der Waals surface area contributed by atoms with Crippen molar-refractivity contribution in [2.45, 2.75) is 57.6 Å². The minimum atomic E-state index is 0.271. The van der Waals surface area contributed by atoms with Crippen LogP contribution in [0.15, 0.2) is 0 Å². The van der Waals surface area contributed by atoms with Gasteiger partial charge in [-0.1, -0.05) is 38.5 Å². The maximum absolute atomic E-state index is 5.61. The molecule has 1 heterocycles. The van der Waals surface area contributed by atoms with Crippen molar-refractivity contribution in [3.8, 4) is 0 Å². The number of ether oxygens (including phenoxy) is 1. The summed E-state index contributed by atoms with van der Waals surface area (Å²) in [4.78, 5) is 0. The van der Waals surface area contributed by atoms with Gasteiger partial charge in [0.2, 0.25) is 0 Å². The summed E-state index contributed by atoms with van der Waals surface area (Å²) in [5, 5.41) is 0. The zero-order valence-corrected chi connectivity index (χ0v) is 8.93. The molecule has 1 saturated carbocycles. The predicted octanol–water partition coefficient (Wildman–Crippen LogP) is 2.14. The zero-order valence-electron chi connectivity index (χ0n) is 8.93. The predicted molar refractivity (Wildman–Crippen MR) is 56.4 cm³/mol. The highest BCUT2D eigenvalue weighted by Gasteiger charge is 2.24. The molecule has 0 aromatic rings. The lowest BCUT2D eigenvalue weighted by Crippen LogP contribution is -2.36. The molecule has 2 N–H and O–H groups in total. The van der Waals surface area contributed by atoms with Crippen molar-refractivity contribution in [3.63, 3.8) is 0 Å². The van der Waals surface area contributed by atoms with Crippen LogP contribution >= 0.6 is 0 Å². The third-order valence-electron chi connectivity index (χ3n) is 3.41. The Balaban J connectivity index is 1.80. The summed E-state index contributed by atoms with van der Waals surface area (Å²) < 4.78 is 5.61. The van der Waals surface area contributed by atoms with E-state index in [9.17, 15) is 0 Å². The minimum absolute atomic E-state index is 0.271. The second kappa shape index (κ2) is 5.69. The van der Waals surface area contributed by atoms with Crippen LogP contribution in [0, 0.1) is 5.92 Å². The quantitative estimate of drug-likeness (QED) is 0.677. The van der Waals surface area contributed by atoms with Gasteiger partial charge in [0, 0.05) is 0 Å². The molecule has 2 aliphatic rings. The van der Waals surface area contributed by atoms with Gasteiger partial charge in [-0.05, 0) is 18.8 Å². The molecule has 0 aromatic carbocycles. The summed E-state index contributed by atoms with van der Waals surface area (Å²) in [7, 11) is 0. The lowest BCUT2D eigenvalue weighted by molar-refractivity contribution is 0.0432. The third-order valence-corrected chi connectivity index (χ3v) is 3.41. The molecule has 14 heavy (non-hydrogen) atoms. The Labute approximate surface area is 86.6 Å². The van der Waals surface area contributed by atoms with Crippen molar-refractivity contribution in [2.75, 3.05) is 6.73 Å². The van der Waals surface area contributed by atoms with Crippen LogP contribution in [0.2, 0.25) is 0 Å². The van der Waals surface area contributed by atoms with E-state index in [1.165, 1.54) is 51.4 Å². The lowest BCUT2D eigenvalue weighted by atomic mass is 9.95. The Hall–Kier alpha value is -0.120. The van der Waals surface area contributed by atoms with Gasteiger partial charge in [-0.15, -0.1) is 0 Å². The monoisotopic (exact) mass is 198 g/mol. The second-order valence-corrected chi connectivity index (χ2v) is 4.51. The first-order valence-electron chi connectivity index (χ1n) is 6.07. The van der Waals surface area contributed by atoms with Crippen LogP contribution in [-0.2, 0) is 4.74 Å². The van der Waals surface area contributed by atoms with E-state index >= 15 is 0 Å². The standard InChI is InChI=1S/C11H22N2O/c1-2-4-6-8-10(7-5-3-1)11-13-12-9-14-11/h10-13H,1-9H2. The number of hydrogen-bond acceptors (Lipinski definition) is 3. The topological polar surface area (TPSA) is 33.3 Å². The van der Waals surface area contributed by atoms with Crippen molar-refractivity contribution in [1.82, 2.24) is 10.9 Å². The molecule has 3 nitrogen and oxygen atoms in total. The fourth-order valence-corrected chi connectivity index (χ4v) is 2.54. The zero-order chi connectivity index (χ0) is 9.64. The fourth-order valence-electron chi connectivity index (χ4n) is 2.54.